The first-order valence-corrected chi connectivity index (χ1v) is 8.89. The van der Waals surface area contributed by atoms with Crippen molar-refractivity contribution in [3.8, 4) is 0 Å². The molecule has 0 aliphatic heterocycles. The first kappa shape index (κ1) is 16.4. The molecule has 0 nitrogen and oxygen atoms in total. The Morgan fingerprint density at radius 1 is 1.14 bits per heavy atom. The Morgan fingerprint density at radius 3 is 2.33 bits per heavy atom. The summed E-state index contributed by atoms with van der Waals surface area (Å²) in [4.78, 5) is 0. The molecule has 1 aromatic carbocycles. The predicted molar refractivity (Wildman–Crippen MR) is 99.0 cm³/mol. The molecular formula is C19H27BS. The predicted octanol–water partition coefficient (Wildman–Crippen LogP) is 4.63. The minimum Gasteiger partial charge on any atom is -0.158 e. The zero-order valence-electron chi connectivity index (χ0n) is 14.2. The summed E-state index contributed by atoms with van der Waals surface area (Å²) >= 11 is 1.93. The summed E-state index contributed by atoms with van der Waals surface area (Å²) < 4.78 is 1.51. The number of thiophene rings is 1. The third kappa shape index (κ3) is 3.60. The zero-order chi connectivity index (χ0) is 15.6. The van der Waals surface area contributed by atoms with Gasteiger partial charge in [-0.05, 0) is 27.6 Å². The van der Waals surface area contributed by atoms with Crippen molar-refractivity contribution in [3.05, 3.63) is 46.8 Å². The first-order valence-electron chi connectivity index (χ1n) is 8.01. The summed E-state index contributed by atoms with van der Waals surface area (Å²) in [7, 11) is 0. The fraction of sp³-hybridized carbons (Fsp3) is 0.474. The maximum Gasteiger partial charge on any atom is 0.225 e. The van der Waals surface area contributed by atoms with Gasteiger partial charge in [-0.25, -0.2) is 0 Å². The van der Waals surface area contributed by atoms with Gasteiger partial charge in [0.1, 0.15) is 0 Å². The lowest BCUT2D eigenvalue weighted by Crippen LogP contribution is -2.44. The van der Waals surface area contributed by atoms with E-state index in [1.807, 2.05) is 11.3 Å². The van der Waals surface area contributed by atoms with E-state index in [0.29, 0.717) is 12.5 Å². The molecule has 0 N–H and O–H groups in total. The van der Waals surface area contributed by atoms with Crippen LogP contribution in [0.25, 0.3) is 0 Å². The number of hydrogen-bond donors (Lipinski definition) is 0. The largest absolute Gasteiger partial charge is 0.225 e. The van der Waals surface area contributed by atoms with Crippen LogP contribution in [0.1, 0.15) is 52.7 Å². The quantitative estimate of drug-likeness (QED) is 0.722. The van der Waals surface area contributed by atoms with Gasteiger partial charge in [-0.1, -0.05) is 88.7 Å². The van der Waals surface area contributed by atoms with Gasteiger partial charge in [0.15, 0.2) is 0 Å². The Morgan fingerprint density at radius 2 is 1.81 bits per heavy atom. The summed E-state index contributed by atoms with van der Waals surface area (Å²) in [6, 6.07) is 11.4. The Hall–Kier alpha value is -1.02. The maximum absolute atomic E-state index is 2.43. The van der Waals surface area contributed by atoms with E-state index in [0.717, 1.165) is 6.42 Å². The summed E-state index contributed by atoms with van der Waals surface area (Å²) in [6.45, 7) is 14.3. The lowest BCUT2D eigenvalue weighted by molar-refractivity contribution is 0.593. The monoisotopic (exact) mass is 298 g/mol. The Bertz CT molecular complexity index is 590. The highest BCUT2D eigenvalue weighted by Crippen LogP contribution is 2.25. The number of hydrogen-bond acceptors (Lipinski definition) is 1. The molecule has 0 amide bonds. The van der Waals surface area contributed by atoms with Gasteiger partial charge in [0, 0.05) is 0 Å². The van der Waals surface area contributed by atoms with Gasteiger partial charge in [0.05, 0.1) is 0 Å². The summed E-state index contributed by atoms with van der Waals surface area (Å²) in [5.74, 6) is 0.615. The molecule has 0 spiro atoms. The fourth-order valence-electron chi connectivity index (χ4n) is 2.91. The minimum atomic E-state index is 0.237. The highest BCUT2D eigenvalue weighted by molar-refractivity contribution is 7.24. The van der Waals surface area contributed by atoms with Gasteiger partial charge < -0.3 is 0 Å². The molecule has 0 atom stereocenters. The van der Waals surface area contributed by atoms with E-state index in [2.05, 4.69) is 77.3 Å². The summed E-state index contributed by atoms with van der Waals surface area (Å²) in [5.41, 5.74) is 4.70. The van der Waals surface area contributed by atoms with Crippen molar-refractivity contribution < 1.29 is 0 Å². The van der Waals surface area contributed by atoms with Gasteiger partial charge >= 0.3 is 0 Å². The summed E-state index contributed by atoms with van der Waals surface area (Å²) in [6.07, 6.45) is 1.11. The van der Waals surface area contributed by atoms with E-state index in [9.17, 15) is 0 Å². The Labute approximate surface area is 134 Å². The molecule has 2 rings (SSSR count). The average Bonchev–Trinajstić information content (AvgIpc) is 2.88. The molecule has 2 heteroatoms. The van der Waals surface area contributed by atoms with Crippen LogP contribution in [0.5, 0.6) is 0 Å². The molecule has 1 aromatic heterocycles. The normalized spacial score (nSPS) is 12.0. The van der Waals surface area contributed by atoms with Crippen LogP contribution >= 0.6 is 11.3 Å². The lowest BCUT2D eigenvalue weighted by Gasteiger charge is -2.20. The lowest BCUT2D eigenvalue weighted by atomic mass is 9.36. The standard InChI is InChI=1S/C19H27BS/c1-7-15-10-8-9-11-17(15)20(14(2)3)18-12-16(13-21-18)19(4,5)6/h8-14H,7H2,1-6H3. The Balaban J connectivity index is 2.47. The molecule has 112 valence electrons. The van der Waals surface area contributed by atoms with E-state index < -0.39 is 0 Å². The van der Waals surface area contributed by atoms with Crippen LogP contribution < -0.4 is 10.2 Å². The molecule has 0 saturated carbocycles. The molecule has 0 aliphatic carbocycles. The van der Waals surface area contributed by atoms with Crippen LogP contribution in [-0.2, 0) is 11.8 Å². The van der Waals surface area contributed by atoms with E-state index in [1.54, 1.807) is 0 Å². The molecular weight excluding hydrogens is 271 g/mol. The first-order chi connectivity index (χ1) is 9.84. The van der Waals surface area contributed by atoms with Crippen molar-refractivity contribution in [1.29, 1.82) is 0 Å². The van der Waals surface area contributed by atoms with Crippen LogP contribution in [0.15, 0.2) is 35.7 Å². The number of aryl methyl sites for hydroxylation is 1. The van der Waals surface area contributed by atoms with E-state index in [-0.39, 0.29) is 5.41 Å². The highest BCUT2D eigenvalue weighted by atomic mass is 32.1. The van der Waals surface area contributed by atoms with Crippen LogP contribution in [0, 0.1) is 0 Å². The molecule has 1 heterocycles. The molecule has 0 saturated heterocycles. The van der Waals surface area contributed by atoms with Crippen molar-refractivity contribution in [2.75, 3.05) is 0 Å². The van der Waals surface area contributed by atoms with Crippen LogP contribution in [0.4, 0.5) is 0 Å². The molecule has 0 aliphatic rings. The topological polar surface area (TPSA) is 0 Å². The van der Waals surface area contributed by atoms with Gasteiger partial charge in [-0.15, -0.1) is 0 Å². The van der Waals surface area contributed by atoms with Crippen LogP contribution in [-0.4, -0.2) is 6.71 Å². The second kappa shape index (κ2) is 6.40. The molecule has 0 unspecified atom stereocenters. The summed E-state index contributed by atoms with van der Waals surface area (Å²) in [5, 5.41) is 2.35. The molecule has 21 heavy (non-hydrogen) atoms. The van der Waals surface area contributed by atoms with E-state index >= 15 is 0 Å². The van der Waals surface area contributed by atoms with Gasteiger partial charge in [-0.2, -0.15) is 11.3 Å². The molecule has 2 aromatic rings. The minimum absolute atomic E-state index is 0.237. The second-order valence-corrected chi connectivity index (χ2v) is 8.20. The van der Waals surface area contributed by atoms with Gasteiger partial charge in [0.2, 0.25) is 6.71 Å². The average molecular weight is 298 g/mol. The third-order valence-electron chi connectivity index (χ3n) is 4.23. The molecule has 0 bridgehead atoms. The van der Waals surface area contributed by atoms with Crippen molar-refractivity contribution in [2.45, 2.75) is 59.2 Å². The van der Waals surface area contributed by atoms with Crippen molar-refractivity contribution >= 4 is 28.3 Å². The molecule has 0 fully saturated rings. The number of benzene rings is 1. The smallest absolute Gasteiger partial charge is 0.158 e. The molecule has 0 radical (unpaired) electrons. The van der Waals surface area contributed by atoms with Crippen LogP contribution in [0.2, 0.25) is 5.82 Å². The van der Waals surface area contributed by atoms with Crippen molar-refractivity contribution in [1.82, 2.24) is 0 Å². The zero-order valence-corrected chi connectivity index (χ0v) is 15.1. The third-order valence-corrected chi connectivity index (χ3v) is 5.25. The second-order valence-electron chi connectivity index (χ2n) is 7.26. The van der Waals surface area contributed by atoms with Crippen LogP contribution in [0.3, 0.4) is 0 Å². The fourth-order valence-corrected chi connectivity index (χ4v) is 4.34. The number of rotatable bonds is 4. The van der Waals surface area contributed by atoms with Gasteiger partial charge in [-0.3, -0.25) is 0 Å². The van der Waals surface area contributed by atoms with Crippen molar-refractivity contribution in [3.63, 3.8) is 0 Å². The van der Waals surface area contributed by atoms with Gasteiger partial charge in [0.25, 0.3) is 0 Å². The van der Waals surface area contributed by atoms with Crippen molar-refractivity contribution in [2.24, 2.45) is 0 Å². The maximum atomic E-state index is 2.43. The Kier molecular flexibility index (Phi) is 4.98. The van der Waals surface area contributed by atoms with E-state index in [4.69, 9.17) is 0 Å². The highest BCUT2D eigenvalue weighted by Gasteiger charge is 2.27. The van der Waals surface area contributed by atoms with E-state index in [1.165, 1.54) is 21.4 Å². The SMILES string of the molecule is CCc1ccccc1B(c1cc(C(C)(C)C)cs1)C(C)C.